The summed E-state index contributed by atoms with van der Waals surface area (Å²) in [6.07, 6.45) is 0. The number of hydrogen-bond donors (Lipinski definition) is 2. The van der Waals surface area contributed by atoms with Gasteiger partial charge in [0.25, 0.3) is 0 Å². The lowest BCUT2D eigenvalue weighted by Gasteiger charge is -2.12. The number of hydrogen-bond acceptors (Lipinski definition) is 1. The quantitative estimate of drug-likeness (QED) is 0.241. The summed E-state index contributed by atoms with van der Waals surface area (Å²) in [5.74, 6) is 0. The van der Waals surface area contributed by atoms with E-state index in [1.807, 2.05) is 42.5 Å². The second kappa shape index (κ2) is 7.73. The summed E-state index contributed by atoms with van der Waals surface area (Å²) >= 11 is 7.18. The van der Waals surface area contributed by atoms with Crippen molar-refractivity contribution in [3.63, 3.8) is 0 Å². The van der Waals surface area contributed by atoms with Crippen LogP contribution in [-0.2, 0) is 4.57 Å². The SMILES string of the molecule is O=P(O)(O)c1cccc(-c2cccc(-n3c4cc(Br)ccc4c4ccc(Br)cc43)c2)c1. The zero-order chi connectivity index (χ0) is 21.8. The van der Waals surface area contributed by atoms with Gasteiger partial charge in [0, 0.05) is 25.4 Å². The predicted molar refractivity (Wildman–Crippen MR) is 133 cm³/mol. The Bertz CT molecular complexity index is 1460. The van der Waals surface area contributed by atoms with Crippen LogP contribution in [0.25, 0.3) is 38.6 Å². The summed E-state index contributed by atoms with van der Waals surface area (Å²) in [6, 6.07) is 27.0. The van der Waals surface area contributed by atoms with Crippen molar-refractivity contribution in [1.29, 1.82) is 0 Å². The van der Waals surface area contributed by atoms with E-state index in [2.05, 4.69) is 60.7 Å². The first-order valence-electron chi connectivity index (χ1n) is 9.47. The van der Waals surface area contributed by atoms with Crippen LogP contribution in [0.3, 0.4) is 0 Å². The lowest BCUT2D eigenvalue weighted by molar-refractivity contribution is 0.387. The van der Waals surface area contributed by atoms with E-state index < -0.39 is 7.60 Å². The summed E-state index contributed by atoms with van der Waals surface area (Å²) < 4.78 is 15.9. The van der Waals surface area contributed by atoms with Gasteiger partial charge in [-0.05, 0) is 59.7 Å². The van der Waals surface area contributed by atoms with Crippen LogP contribution in [0.1, 0.15) is 0 Å². The number of benzene rings is 4. The maximum absolute atomic E-state index is 11.7. The van der Waals surface area contributed by atoms with Crippen molar-refractivity contribution >= 4 is 66.6 Å². The van der Waals surface area contributed by atoms with E-state index in [-0.39, 0.29) is 5.30 Å². The fourth-order valence-corrected chi connectivity index (χ4v) is 5.22. The van der Waals surface area contributed by atoms with E-state index in [1.165, 1.54) is 6.07 Å². The molecule has 0 aliphatic carbocycles. The van der Waals surface area contributed by atoms with Gasteiger partial charge in [-0.2, -0.15) is 0 Å². The summed E-state index contributed by atoms with van der Waals surface area (Å²) in [7, 11) is -4.32. The number of halogens is 2. The molecule has 5 aromatic rings. The van der Waals surface area contributed by atoms with Gasteiger partial charge in [-0.3, -0.25) is 4.57 Å². The lowest BCUT2D eigenvalue weighted by Crippen LogP contribution is -2.03. The molecule has 1 heterocycles. The largest absolute Gasteiger partial charge is 0.356 e. The van der Waals surface area contributed by atoms with Gasteiger partial charge in [0.2, 0.25) is 0 Å². The number of rotatable bonds is 3. The van der Waals surface area contributed by atoms with Gasteiger partial charge in [-0.25, -0.2) is 0 Å². The molecule has 0 saturated heterocycles. The van der Waals surface area contributed by atoms with Gasteiger partial charge in [0.15, 0.2) is 0 Å². The molecule has 154 valence electrons. The van der Waals surface area contributed by atoms with Crippen LogP contribution in [0, 0.1) is 0 Å². The van der Waals surface area contributed by atoms with Crippen molar-refractivity contribution < 1.29 is 14.4 Å². The molecule has 4 aromatic carbocycles. The molecule has 0 spiro atoms. The maximum atomic E-state index is 11.7. The molecule has 1 aromatic heterocycles. The first kappa shape index (κ1) is 20.7. The molecular formula is C24H16Br2NO3P. The molecule has 0 amide bonds. The minimum Gasteiger partial charge on any atom is -0.321 e. The lowest BCUT2D eigenvalue weighted by atomic mass is 10.1. The third-order valence-electron chi connectivity index (χ3n) is 5.31. The minimum atomic E-state index is -4.32. The Kier molecular flexibility index (Phi) is 5.16. The van der Waals surface area contributed by atoms with Crippen LogP contribution in [0.2, 0.25) is 0 Å². The molecule has 0 atom stereocenters. The fraction of sp³-hybridized carbons (Fsp3) is 0. The number of aromatic nitrogens is 1. The van der Waals surface area contributed by atoms with E-state index in [0.717, 1.165) is 47.6 Å². The van der Waals surface area contributed by atoms with Gasteiger partial charge in [0.05, 0.1) is 16.3 Å². The highest BCUT2D eigenvalue weighted by molar-refractivity contribution is 9.10. The third kappa shape index (κ3) is 3.79. The van der Waals surface area contributed by atoms with Crippen LogP contribution in [0.5, 0.6) is 0 Å². The highest BCUT2D eigenvalue weighted by Gasteiger charge is 2.18. The molecule has 0 aliphatic heterocycles. The molecule has 0 radical (unpaired) electrons. The van der Waals surface area contributed by atoms with Crippen molar-refractivity contribution in [3.8, 4) is 16.8 Å². The van der Waals surface area contributed by atoms with E-state index in [4.69, 9.17) is 0 Å². The molecule has 4 nitrogen and oxygen atoms in total. The Balaban J connectivity index is 1.76. The van der Waals surface area contributed by atoms with Crippen LogP contribution >= 0.6 is 39.5 Å². The fourth-order valence-electron chi connectivity index (χ4n) is 3.93. The van der Waals surface area contributed by atoms with Gasteiger partial charge < -0.3 is 14.4 Å². The second-order valence-corrected chi connectivity index (χ2v) is 10.7. The minimum absolute atomic E-state index is 0.0140. The first-order chi connectivity index (χ1) is 14.8. The average Bonchev–Trinajstić information content (AvgIpc) is 3.05. The second-order valence-electron chi connectivity index (χ2n) is 7.30. The average molecular weight is 557 g/mol. The maximum Gasteiger partial charge on any atom is 0.356 e. The standard InChI is InChI=1S/C24H16Br2NO3P/c25-17-7-9-21-22-10-8-18(26)14-24(22)27(23(21)13-17)19-5-1-3-15(11-19)16-4-2-6-20(12-16)31(28,29)30/h1-14H,(H2,28,29,30). The van der Waals surface area contributed by atoms with Crippen molar-refractivity contribution in [2.45, 2.75) is 0 Å². The number of fused-ring (bicyclic) bond motifs is 3. The number of nitrogens with zero attached hydrogens (tertiary/aromatic N) is 1. The molecule has 5 rings (SSSR count). The van der Waals surface area contributed by atoms with E-state index in [1.54, 1.807) is 12.1 Å². The topological polar surface area (TPSA) is 62.5 Å². The van der Waals surface area contributed by atoms with E-state index in [0.29, 0.717) is 0 Å². The molecule has 0 unspecified atom stereocenters. The van der Waals surface area contributed by atoms with E-state index >= 15 is 0 Å². The summed E-state index contributed by atoms with van der Waals surface area (Å²) in [5, 5.41) is 2.32. The molecule has 0 aliphatic rings. The normalized spacial score (nSPS) is 12.0. The molecule has 7 heteroatoms. The summed E-state index contributed by atoms with van der Waals surface area (Å²) in [4.78, 5) is 19.1. The van der Waals surface area contributed by atoms with Gasteiger partial charge in [-0.15, -0.1) is 0 Å². The van der Waals surface area contributed by atoms with Crippen molar-refractivity contribution in [2.24, 2.45) is 0 Å². The molecule has 2 N–H and O–H groups in total. The molecule has 0 saturated carbocycles. The Hall–Kier alpha value is -2.21. The highest BCUT2D eigenvalue weighted by atomic mass is 79.9. The monoisotopic (exact) mass is 555 g/mol. The smallest absolute Gasteiger partial charge is 0.321 e. The molecule has 0 bridgehead atoms. The Morgan fingerprint density at radius 3 is 1.81 bits per heavy atom. The van der Waals surface area contributed by atoms with Crippen LogP contribution in [0.15, 0.2) is 93.9 Å². The van der Waals surface area contributed by atoms with Crippen molar-refractivity contribution in [1.82, 2.24) is 4.57 Å². The molecule has 0 fully saturated rings. The van der Waals surface area contributed by atoms with Gasteiger partial charge >= 0.3 is 7.60 Å². The van der Waals surface area contributed by atoms with Crippen LogP contribution in [-0.4, -0.2) is 14.4 Å². The Morgan fingerprint density at radius 1 is 0.677 bits per heavy atom. The molecular weight excluding hydrogens is 541 g/mol. The van der Waals surface area contributed by atoms with Crippen molar-refractivity contribution in [3.05, 3.63) is 93.9 Å². The third-order valence-corrected chi connectivity index (χ3v) is 7.25. The van der Waals surface area contributed by atoms with E-state index in [9.17, 15) is 14.4 Å². The Morgan fingerprint density at radius 2 is 1.23 bits per heavy atom. The molecule has 31 heavy (non-hydrogen) atoms. The van der Waals surface area contributed by atoms with Crippen molar-refractivity contribution in [2.75, 3.05) is 0 Å². The summed E-state index contributed by atoms with van der Waals surface area (Å²) in [6.45, 7) is 0. The predicted octanol–water partition coefficient (Wildman–Crippen LogP) is 6.78. The highest BCUT2D eigenvalue weighted by Crippen LogP contribution is 2.37. The van der Waals surface area contributed by atoms with Gasteiger partial charge in [-0.1, -0.05) is 68.3 Å². The zero-order valence-corrected chi connectivity index (χ0v) is 20.1. The van der Waals surface area contributed by atoms with Crippen LogP contribution < -0.4 is 5.30 Å². The first-order valence-corrected chi connectivity index (χ1v) is 12.7. The van der Waals surface area contributed by atoms with Crippen LogP contribution in [0.4, 0.5) is 0 Å². The van der Waals surface area contributed by atoms with Gasteiger partial charge in [0.1, 0.15) is 0 Å². The zero-order valence-electron chi connectivity index (χ0n) is 16.0. The summed E-state index contributed by atoms with van der Waals surface area (Å²) in [5.41, 5.74) is 4.75. The Labute approximate surface area is 195 Å².